The minimum absolute atomic E-state index is 0.101. The van der Waals surface area contributed by atoms with E-state index in [1.54, 1.807) is 18.3 Å². The van der Waals surface area contributed by atoms with Crippen molar-refractivity contribution in [3.8, 4) is 0 Å². The van der Waals surface area contributed by atoms with Gasteiger partial charge in [-0.05, 0) is 36.8 Å². The first-order chi connectivity index (χ1) is 10.1. The van der Waals surface area contributed by atoms with Gasteiger partial charge in [0, 0.05) is 24.5 Å². The van der Waals surface area contributed by atoms with Gasteiger partial charge in [0.25, 0.3) is 10.0 Å². The minimum Gasteiger partial charge on any atom is -0.313 e. The summed E-state index contributed by atoms with van der Waals surface area (Å²) in [5.41, 5.74) is 0.985. The van der Waals surface area contributed by atoms with Crippen LogP contribution in [0.5, 0.6) is 0 Å². The Balaban J connectivity index is 1.91. The molecule has 0 aromatic carbocycles. The second-order valence-corrected chi connectivity index (χ2v) is 8.25. The average molecular weight is 329 g/mol. The Morgan fingerprint density at radius 3 is 2.86 bits per heavy atom. The topological polar surface area (TPSA) is 71.1 Å². The van der Waals surface area contributed by atoms with E-state index in [4.69, 9.17) is 0 Å². The highest BCUT2D eigenvalue weighted by molar-refractivity contribution is 8.00. The van der Waals surface area contributed by atoms with Gasteiger partial charge in [-0.25, -0.2) is 18.1 Å². The lowest BCUT2D eigenvalue weighted by Crippen LogP contribution is -2.32. The van der Waals surface area contributed by atoms with E-state index in [0.29, 0.717) is 18.3 Å². The largest absolute Gasteiger partial charge is 0.313 e. The van der Waals surface area contributed by atoms with Crippen molar-refractivity contribution in [1.82, 2.24) is 15.0 Å². The van der Waals surface area contributed by atoms with Crippen LogP contribution in [-0.4, -0.2) is 37.5 Å². The molecule has 0 aliphatic carbocycles. The molecule has 0 bridgehead atoms. The molecule has 0 spiro atoms. The Labute approximate surface area is 131 Å². The summed E-state index contributed by atoms with van der Waals surface area (Å²) in [4.78, 5) is 4.07. The molecule has 2 rings (SSSR count). The van der Waals surface area contributed by atoms with Crippen molar-refractivity contribution < 1.29 is 8.42 Å². The minimum atomic E-state index is -3.49. The van der Waals surface area contributed by atoms with Crippen LogP contribution < -0.4 is 10.0 Å². The van der Waals surface area contributed by atoms with E-state index in [0.717, 1.165) is 24.3 Å². The maximum Gasteiger partial charge on any atom is 0.258 e. The van der Waals surface area contributed by atoms with Crippen LogP contribution in [0.2, 0.25) is 0 Å². The fourth-order valence-electron chi connectivity index (χ4n) is 2.19. The van der Waals surface area contributed by atoms with E-state index >= 15 is 0 Å². The van der Waals surface area contributed by atoms with Gasteiger partial charge in [-0.1, -0.05) is 19.4 Å². The Bertz CT molecular complexity index is 526. The lowest BCUT2D eigenvalue weighted by Gasteiger charge is -2.21. The van der Waals surface area contributed by atoms with Gasteiger partial charge in [-0.3, -0.25) is 0 Å². The molecule has 0 saturated carbocycles. The van der Waals surface area contributed by atoms with E-state index in [1.807, 2.05) is 18.7 Å². The van der Waals surface area contributed by atoms with Crippen molar-refractivity contribution in [2.75, 3.05) is 18.8 Å². The van der Waals surface area contributed by atoms with E-state index in [9.17, 15) is 8.42 Å². The molecule has 0 amide bonds. The van der Waals surface area contributed by atoms with Crippen LogP contribution >= 0.6 is 11.8 Å². The average Bonchev–Trinajstić information content (AvgIpc) is 2.52. The summed E-state index contributed by atoms with van der Waals surface area (Å²) in [6, 6.07) is 3.38. The van der Waals surface area contributed by atoms with E-state index < -0.39 is 10.0 Å². The zero-order chi connectivity index (χ0) is 15.1. The quantitative estimate of drug-likeness (QED) is 0.797. The number of hydrogen-bond donors (Lipinski definition) is 2. The van der Waals surface area contributed by atoms with Crippen LogP contribution in [0, 0.1) is 0 Å². The molecule has 1 aromatic heterocycles. The van der Waals surface area contributed by atoms with Crippen LogP contribution in [-0.2, 0) is 16.6 Å². The molecule has 0 radical (unpaired) electrons. The molecule has 1 fully saturated rings. The summed E-state index contributed by atoms with van der Waals surface area (Å²) in [6.07, 6.45) is 5.13. The smallest absolute Gasteiger partial charge is 0.258 e. The summed E-state index contributed by atoms with van der Waals surface area (Å²) >= 11 is 1.85. The third-order valence-electron chi connectivity index (χ3n) is 3.43. The van der Waals surface area contributed by atoms with Crippen molar-refractivity contribution in [3.05, 3.63) is 23.9 Å². The molecule has 1 saturated heterocycles. The molecule has 2 N–H and O–H groups in total. The van der Waals surface area contributed by atoms with E-state index in [2.05, 4.69) is 15.0 Å². The molecule has 7 heteroatoms. The number of aromatic nitrogens is 1. The number of pyridine rings is 1. The summed E-state index contributed by atoms with van der Waals surface area (Å²) < 4.78 is 27.1. The van der Waals surface area contributed by atoms with Gasteiger partial charge < -0.3 is 5.32 Å². The van der Waals surface area contributed by atoms with E-state index in [1.165, 1.54) is 12.8 Å². The highest BCUT2D eigenvalue weighted by Gasteiger charge is 2.20. The zero-order valence-electron chi connectivity index (χ0n) is 12.3. The highest BCUT2D eigenvalue weighted by atomic mass is 32.2. The molecule has 1 unspecified atom stereocenters. The van der Waals surface area contributed by atoms with Gasteiger partial charge in [0.05, 0.1) is 0 Å². The second-order valence-electron chi connectivity index (χ2n) is 5.13. The van der Waals surface area contributed by atoms with Crippen molar-refractivity contribution in [2.24, 2.45) is 0 Å². The standard InChI is InChI=1S/C14H23N3O2S2/c1-2-15-9-12-6-7-14(16-10-12)21(18,19)17-11-13-5-3-4-8-20-13/h6-7,10,13,15,17H,2-5,8-9,11H2,1H3. The highest BCUT2D eigenvalue weighted by Crippen LogP contribution is 2.24. The maximum absolute atomic E-state index is 12.2. The SMILES string of the molecule is CCNCc1ccc(S(=O)(=O)NCC2CCCCS2)nc1. The molecular formula is C14H23N3O2S2. The van der Waals surface area contributed by atoms with Crippen LogP contribution in [0.1, 0.15) is 31.7 Å². The lowest BCUT2D eigenvalue weighted by molar-refractivity contribution is 0.570. The molecular weight excluding hydrogens is 306 g/mol. The predicted molar refractivity (Wildman–Crippen MR) is 86.9 cm³/mol. The number of hydrogen-bond acceptors (Lipinski definition) is 5. The molecule has 5 nitrogen and oxygen atoms in total. The fourth-order valence-corrected chi connectivity index (χ4v) is 4.54. The summed E-state index contributed by atoms with van der Waals surface area (Å²) in [5.74, 6) is 1.13. The van der Waals surface area contributed by atoms with Crippen LogP contribution in [0.15, 0.2) is 23.4 Å². The number of nitrogens with zero attached hydrogens (tertiary/aromatic N) is 1. The normalized spacial score (nSPS) is 19.6. The van der Waals surface area contributed by atoms with Gasteiger partial charge in [0.2, 0.25) is 0 Å². The Morgan fingerprint density at radius 1 is 1.38 bits per heavy atom. The molecule has 1 atom stereocenters. The van der Waals surface area contributed by atoms with Crippen molar-refractivity contribution >= 4 is 21.8 Å². The van der Waals surface area contributed by atoms with Crippen LogP contribution in [0.3, 0.4) is 0 Å². The van der Waals surface area contributed by atoms with Crippen molar-refractivity contribution in [3.63, 3.8) is 0 Å². The predicted octanol–water partition coefficient (Wildman–Crippen LogP) is 1.76. The van der Waals surface area contributed by atoms with Gasteiger partial charge in [0.15, 0.2) is 5.03 Å². The maximum atomic E-state index is 12.2. The first kappa shape index (κ1) is 16.7. The summed E-state index contributed by atoms with van der Waals surface area (Å²) in [6.45, 7) is 4.10. The van der Waals surface area contributed by atoms with Crippen LogP contribution in [0.25, 0.3) is 0 Å². The van der Waals surface area contributed by atoms with Gasteiger partial charge in [-0.15, -0.1) is 0 Å². The zero-order valence-corrected chi connectivity index (χ0v) is 14.0. The number of sulfonamides is 1. The third-order valence-corrected chi connectivity index (χ3v) is 6.16. The molecule has 1 aliphatic rings. The second kappa shape index (κ2) is 8.12. The number of rotatable bonds is 7. The Hall–Kier alpha value is -0.630. The van der Waals surface area contributed by atoms with Gasteiger partial charge in [0.1, 0.15) is 0 Å². The molecule has 1 aliphatic heterocycles. The molecule has 21 heavy (non-hydrogen) atoms. The van der Waals surface area contributed by atoms with Crippen LogP contribution in [0.4, 0.5) is 0 Å². The van der Waals surface area contributed by atoms with Gasteiger partial charge >= 0.3 is 0 Å². The molecule has 118 valence electrons. The monoisotopic (exact) mass is 329 g/mol. The number of nitrogens with one attached hydrogen (secondary N) is 2. The van der Waals surface area contributed by atoms with Crippen molar-refractivity contribution in [1.29, 1.82) is 0 Å². The Kier molecular flexibility index (Phi) is 6.47. The summed E-state index contributed by atoms with van der Waals surface area (Å²) in [7, 11) is -3.49. The first-order valence-electron chi connectivity index (χ1n) is 7.38. The Morgan fingerprint density at radius 2 is 2.24 bits per heavy atom. The lowest BCUT2D eigenvalue weighted by atomic mass is 10.2. The number of thioether (sulfide) groups is 1. The third kappa shape index (κ3) is 5.25. The van der Waals surface area contributed by atoms with E-state index in [-0.39, 0.29) is 5.03 Å². The van der Waals surface area contributed by atoms with Gasteiger partial charge in [-0.2, -0.15) is 11.8 Å². The summed E-state index contributed by atoms with van der Waals surface area (Å²) in [5, 5.41) is 3.67. The molecule has 1 aromatic rings. The van der Waals surface area contributed by atoms with Crippen molar-refractivity contribution in [2.45, 2.75) is 43.0 Å². The molecule has 2 heterocycles. The first-order valence-corrected chi connectivity index (χ1v) is 9.92. The fraction of sp³-hybridized carbons (Fsp3) is 0.643.